The van der Waals surface area contributed by atoms with Crippen molar-refractivity contribution in [2.45, 2.75) is 57.6 Å². The third-order valence-corrected chi connectivity index (χ3v) is 8.51. The van der Waals surface area contributed by atoms with E-state index in [0.717, 1.165) is 22.4 Å². The highest BCUT2D eigenvalue weighted by Gasteiger charge is 2.56. The van der Waals surface area contributed by atoms with Gasteiger partial charge in [0.2, 0.25) is 5.91 Å². The summed E-state index contributed by atoms with van der Waals surface area (Å²) in [6, 6.07) is 21.0. The van der Waals surface area contributed by atoms with E-state index in [9.17, 15) is 9.59 Å². The van der Waals surface area contributed by atoms with Crippen LogP contribution in [0.4, 0.5) is 10.5 Å². The minimum Gasteiger partial charge on any atom is -0.444 e. The van der Waals surface area contributed by atoms with Gasteiger partial charge in [0.1, 0.15) is 5.60 Å². The number of piperidine rings is 1. The van der Waals surface area contributed by atoms with Gasteiger partial charge in [-0.1, -0.05) is 65.1 Å². The van der Waals surface area contributed by atoms with Gasteiger partial charge in [-0.25, -0.2) is 4.79 Å². The summed E-state index contributed by atoms with van der Waals surface area (Å²) < 4.78 is 5.63. The van der Waals surface area contributed by atoms with Crippen molar-refractivity contribution in [3.63, 3.8) is 0 Å². The number of rotatable bonds is 5. The Kier molecular flexibility index (Phi) is 8.11. The van der Waals surface area contributed by atoms with Gasteiger partial charge in [-0.15, -0.1) is 0 Å². The lowest BCUT2D eigenvalue weighted by Gasteiger charge is -2.42. The smallest absolute Gasteiger partial charge is 0.410 e. The van der Waals surface area contributed by atoms with Crippen molar-refractivity contribution in [3.8, 4) is 0 Å². The molecule has 1 saturated heterocycles. The highest BCUT2D eigenvalue weighted by molar-refractivity contribution is 6.31. The van der Waals surface area contributed by atoms with E-state index in [1.54, 1.807) is 4.90 Å². The molecule has 0 aromatic heterocycles. The molecule has 3 aromatic carbocycles. The fourth-order valence-corrected chi connectivity index (χ4v) is 6.70. The van der Waals surface area contributed by atoms with Gasteiger partial charge in [0.25, 0.3) is 0 Å². The van der Waals surface area contributed by atoms with E-state index in [-0.39, 0.29) is 17.9 Å². The number of benzene rings is 3. The van der Waals surface area contributed by atoms with Crippen LogP contribution < -0.4 is 4.90 Å². The van der Waals surface area contributed by atoms with Crippen LogP contribution in [-0.2, 0) is 27.9 Å². The third-order valence-electron chi connectivity index (χ3n) is 7.80. The highest BCUT2D eigenvalue weighted by Crippen LogP contribution is 2.52. The van der Waals surface area contributed by atoms with Gasteiger partial charge in [0, 0.05) is 33.8 Å². The predicted molar refractivity (Wildman–Crippen MR) is 161 cm³/mol. The van der Waals surface area contributed by atoms with Crippen LogP contribution in [0.5, 0.6) is 0 Å². The molecule has 0 radical (unpaired) electrons. The Morgan fingerprint density at radius 3 is 2.12 bits per heavy atom. The second kappa shape index (κ2) is 11.3. The van der Waals surface area contributed by atoms with Crippen molar-refractivity contribution in [2.75, 3.05) is 18.0 Å². The molecule has 0 aliphatic carbocycles. The number of halogens is 3. The molecule has 40 heavy (non-hydrogen) atoms. The Morgan fingerprint density at radius 2 is 1.50 bits per heavy atom. The summed E-state index contributed by atoms with van der Waals surface area (Å²) in [4.78, 5) is 31.2. The van der Waals surface area contributed by atoms with Crippen LogP contribution in [0, 0.1) is 5.92 Å². The van der Waals surface area contributed by atoms with Gasteiger partial charge in [-0.2, -0.15) is 0 Å². The van der Waals surface area contributed by atoms with Crippen LogP contribution in [0.3, 0.4) is 0 Å². The Bertz CT molecular complexity index is 1430. The number of carbonyl (C=O) groups excluding carboxylic acids is 2. The lowest BCUT2D eigenvalue weighted by Crippen LogP contribution is -2.52. The number of fused-ring (bicyclic) bond motifs is 1. The summed E-state index contributed by atoms with van der Waals surface area (Å²) in [6.07, 6.45) is 1.50. The maximum absolute atomic E-state index is 14.8. The zero-order chi connectivity index (χ0) is 28.7. The number of likely N-dealkylation sites (tertiary alicyclic amines) is 1. The molecule has 0 N–H and O–H groups in total. The normalized spacial score (nSPS) is 19.6. The third kappa shape index (κ3) is 5.83. The first kappa shape index (κ1) is 28.8. The Labute approximate surface area is 251 Å². The second-order valence-corrected chi connectivity index (χ2v) is 13.0. The average molecular weight is 600 g/mol. The number of hydrogen-bond acceptors (Lipinski definition) is 3. The first-order valence-electron chi connectivity index (χ1n) is 13.5. The molecule has 2 heterocycles. The standard InChI is InChI=1S/C32H33Cl3N2O3/c1-31(2,3)40-30(39)36-14-12-23(13-15-36)32(19-21-6-4-8-24(33)16-21)27-11-10-26(35)18-28(27)37(29(32)38)20-22-7-5-9-25(34)17-22/h4-11,16-18,23H,12-15,19-20H2,1-3H3. The highest BCUT2D eigenvalue weighted by atomic mass is 35.5. The Balaban J connectivity index is 1.55. The SMILES string of the molecule is CC(C)(C)OC(=O)N1CCC(C2(Cc3cccc(Cl)c3)C(=O)N(Cc3cccc(Cl)c3)c3cc(Cl)ccc32)CC1. The van der Waals surface area contributed by atoms with Gasteiger partial charge in [-0.05, 0) is 99.0 Å². The van der Waals surface area contributed by atoms with Crippen LogP contribution in [0.1, 0.15) is 50.3 Å². The number of amides is 2. The first-order valence-corrected chi connectivity index (χ1v) is 14.7. The van der Waals surface area contributed by atoms with Crippen molar-refractivity contribution in [1.29, 1.82) is 0 Å². The van der Waals surface area contributed by atoms with Gasteiger partial charge in [-0.3, -0.25) is 4.79 Å². The fraction of sp³-hybridized carbons (Fsp3) is 0.375. The first-order chi connectivity index (χ1) is 19.0. The van der Waals surface area contributed by atoms with E-state index in [0.29, 0.717) is 54.0 Å². The second-order valence-electron chi connectivity index (χ2n) is 11.7. The van der Waals surface area contributed by atoms with Crippen LogP contribution in [-0.4, -0.2) is 35.6 Å². The summed E-state index contributed by atoms with van der Waals surface area (Å²) in [7, 11) is 0. The van der Waals surface area contributed by atoms with Crippen LogP contribution in [0.15, 0.2) is 66.7 Å². The van der Waals surface area contributed by atoms with Gasteiger partial charge in [0.15, 0.2) is 0 Å². The van der Waals surface area contributed by atoms with E-state index in [1.807, 2.05) is 92.4 Å². The molecular weight excluding hydrogens is 567 g/mol. The number of ether oxygens (including phenoxy) is 1. The monoisotopic (exact) mass is 598 g/mol. The van der Waals surface area contributed by atoms with Crippen molar-refractivity contribution >= 4 is 52.5 Å². The van der Waals surface area contributed by atoms with E-state index < -0.39 is 11.0 Å². The molecule has 2 aliphatic heterocycles. The number of anilines is 1. The molecule has 5 rings (SSSR count). The van der Waals surface area contributed by atoms with E-state index in [2.05, 4.69) is 0 Å². The van der Waals surface area contributed by atoms with Gasteiger partial charge in [0.05, 0.1) is 12.0 Å². The van der Waals surface area contributed by atoms with Gasteiger partial charge >= 0.3 is 6.09 Å². The van der Waals surface area contributed by atoms with Crippen LogP contribution in [0.2, 0.25) is 15.1 Å². The molecule has 210 valence electrons. The molecule has 1 fully saturated rings. The minimum atomic E-state index is -0.844. The minimum absolute atomic E-state index is 0.0121. The molecule has 2 aliphatic rings. The van der Waals surface area contributed by atoms with Crippen molar-refractivity contribution in [3.05, 3.63) is 98.5 Å². The van der Waals surface area contributed by atoms with Crippen LogP contribution in [0.25, 0.3) is 0 Å². The van der Waals surface area contributed by atoms with Crippen molar-refractivity contribution in [2.24, 2.45) is 5.92 Å². The zero-order valence-electron chi connectivity index (χ0n) is 22.9. The molecule has 0 spiro atoms. The lowest BCUT2D eigenvalue weighted by atomic mass is 9.64. The van der Waals surface area contributed by atoms with Crippen LogP contribution >= 0.6 is 34.8 Å². The summed E-state index contributed by atoms with van der Waals surface area (Å²) in [5.74, 6) is 0.0161. The van der Waals surface area contributed by atoms with Gasteiger partial charge < -0.3 is 14.5 Å². The quantitative estimate of drug-likeness (QED) is 0.296. The molecule has 1 unspecified atom stereocenters. The summed E-state index contributed by atoms with van der Waals surface area (Å²) >= 11 is 19.2. The maximum atomic E-state index is 14.8. The molecule has 0 bridgehead atoms. The van der Waals surface area contributed by atoms with E-state index >= 15 is 0 Å². The summed E-state index contributed by atoms with van der Waals surface area (Å²) in [6.45, 7) is 7.01. The average Bonchev–Trinajstić information content (AvgIpc) is 3.10. The fourth-order valence-electron chi connectivity index (χ4n) is 6.11. The largest absolute Gasteiger partial charge is 0.444 e. The Morgan fingerprint density at radius 1 is 0.900 bits per heavy atom. The number of hydrogen-bond donors (Lipinski definition) is 0. The molecule has 1 atom stereocenters. The number of carbonyl (C=O) groups is 2. The van der Waals surface area contributed by atoms with Crippen molar-refractivity contribution in [1.82, 2.24) is 4.90 Å². The molecule has 0 saturated carbocycles. The summed E-state index contributed by atoms with van der Waals surface area (Å²) in [5.41, 5.74) is 2.28. The topological polar surface area (TPSA) is 49.9 Å². The zero-order valence-corrected chi connectivity index (χ0v) is 25.2. The lowest BCUT2D eigenvalue weighted by molar-refractivity contribution is -0.126. The number of nitrogens with zero attached hydrogens (tertiary/aromatic N) is 2. The molecule has 8 heteroatoms. The molecule has 5 nitrogen and oxygen atoms in total. The Hall–Kier alpha value is -2.73. The molecule has 2 amide bonds. The predicted octanol–water partition coefficient (Wildman–Crippen LogP) is 8.32. The molecule has 3 aromatic rings. The van der Waals surface area contributed by atoms with Crippen molar-refractivity contribution < 1.29 is 14.3 Å². The van der Waals surface area contributed by atoms with E-state index in [4.69, 9.17) is 39.5 Å². The van der Waals surface area contributed by atoms with E-state index in [1.165, 1.54) is 0 Å². The molecular formula is C32H33Cl3N2O3. The summed E-state index contributed by atoms with van der Waals surface area (Å²) in [5, 5.41) is 1.82. The maximum Gasteiger partial charge on any atom is 0.410 e.